The molecule has 8 heteroatoms. The van der Waals surface area contributed by atoms with E-state index in [0.29, 0.717) is 41.7 Å². The molecule has 1 aromatic carbocycles. The van der Waals surface area contributed by atoms with E-state index >= 15 is 0 Å². The number of rotatable bonds is 9. The molecule has 3 rings (SSSR count). The summed E-state index contributed by atoms with van der Waals surface area (Å²) in [6.45, 7) is 4.63. The van der Waals surface area contributed by atoms with Crippen molar-refractivity contribution in [1.29, 1.82) is 0 Å². The van der Waals surface area contributed by atoms with Gasteiger partial charge in [0.1, 0.15) is 11.6 Å². The standard InChI is InChI=1S/C25H32ClN3O4/c1-4-16-7-10-22(33-3)20(11-16)15(2)29-23-21(26)12-19(14-27-23)24(30)28-13-17-5-8-18(9-6-17)25(31)32/h7,10-12,14-15,17-18H,4-6,8-9,13H2,1-3H3,(H,27,29)(H,28,30)(H,31,32). The molecule has 1 amide bonds. The number of ether oxygens (including phenoxy) is 1. The number of aryl methyl sites for hydroxylation is 1. The Morgan fingerprint density at radius 1 is 1.24 bits per heavy atom. The molecule has 1 aliphatic carbocycles. The number of nitrogens with one attached hydrogen (secondary N) is 2. The molecule has 1 unspecified atom stereocenters. The van der Waals surface area contributed by atoms with Gasteiger partial charge in [0.2, 0.25) is 0 Å². The van der Waals surface area contributed by atoms with Crippen molar-refractivity contribution in [3.8, 4) is 5.75 Å². The summed E-state index contributed by atoms with van der Waals surface area (Å²) < 4.78 is 5.50. The zero-order chi connectivity index (χ0) is 24.0. The summed E-state index contributed by atoms with van der Waals surface area (Å²) >= 11 is 6.44. The van der Waals surface area contributed by atoms with E-state index < -0.39 is 5.97 Å². The number of hydrogen-bond acceptors (Lipinski definition) is 5. The van der Waals surface area contributed by atoms with E-state index in [2.05, 4.69) is 28.6 Å². The second-order valence-electron chi connectivity index (χ2n) is 8.62. The van der Waals surface area contributed by atoms with Gasteiger partial charge in [-0.2, -0.15) is 0 Å². The maximum atomic E-state index is 12.6. The lowest BCUT2D eigenvalue weighted by atomic mass is 9.82. The van der Waals surface area contributed by atoms with Gasteiger partial charge in [0, 0.05) is 18.3 Å². The Kier molecular flexibility index (Phi) is 8.55. The monoisotopic (exact) mass is 473 g/mol. The quantitative estimate of drug-likeness (QED) is 0.468. The number of hydrogen-bond donors (Lipinski definition) is 3. The minimum absolute atomic E-state index is 0.0999. The lowest BCUT2D eigenvalue weighted by Gasteiger charge is -2.26. The smallest absolute Gasteiger partial charge is 0.306 e. The Morgan fingerprint density at radius 2 is 1.97 bits per heavy atom. The minimum atomic E-state index is -0.724. The van der Waals surface area contributed by atoms with E-state index in [0.717, 1.165) is 30.6 Å². The number of aliphatic carboxylic acids is 1. The third-order valence-electron chi connectivity index (χ3n) is 6.37. The highest BCUT2D eigenvalue weighted by Gasteiger charge is 2.26. The van der Waals surface area contributed by atoms with E-state index in [1.807, 2.05) is 19.1 Å². The number of nitrogens with zero attached hydrogens (tertiary/aromatic N) is 1. The van der Waals surface area contributed by atoms with Crippen LogP contribution in [-0.2, 0) is 11.2 Å². The number of aromatic nitrogens is 1. The lowest BCUT2D eigenvalue weighted by molar-refractivity contribution is -0.143. The van der Waals surface area contributed by atoms with Crippen molar-refractivity contribution in [2.45, 2.75) is 52.0 Å². The first-order chi connectivity index (χ1) is 15.8. The molecule has 1 heterocycles. The van der Waals surface area contributed by atoms with Crippen molar-refractivity contribution >= 4 is 29.3 Å². The van der Waals surface area contributed by atoms with Gasteiger partial charge in [0.05, 0.1) is 29.7 Å². The summed E-state index contributed by atoms with van der Waals surface area (Å²) in [5.41, 5.74) is 2.61. The molecular weight excluding hydrogens is 442 g/mol. The number of amides is 1. The van der Waals surface area contributed by atoms with E-state index in [9.17, 15) is 9.59 Å². The Labute approximate surface area is 199 Å². The van der Waals surface area contributed by atoms with Gasteiger partial charge in [-0.1, -0.05) is 30.7 Å². The molecule has 0 bridgehead atoms. The van der Waals surface area contributed by atoms with Gasteiger partial charge >= 0.3 is 5.97 Å². The highest BCUT2D eigenvalue weighted by molar-refractivity contribution is 6.33. The van der Waals surface area contributed by atoms with Crippen molar-refractivity contribution in [2.24, 2.45) is 11.8 Å². The van der Waals surface area contributed by atoms with E-state index in [4.69, 9.17) is 21.4 Å². The van der Waals surface area contributed by atoms with Gasteiger partial charge in [-0.3, -0.25) is 9.59 Å². The summed E-state index contributed by atoms with van der Waals surface area (Å²) in [5, 5.41) is 15.7. The first-order valence-corrected chi connectivity index (χ1v) is 11.8. The van der Waals surface area contributed by atoms with Crippen LogP contribution in [-0.4, -0.2) is 35.6 Å². The van der Waals surface area contributed by atoms with Crippen LogP contribution in [0.4, 0.5) is 5.82 Å². The fourth-order valence-corrected chi connectivity index (χ4v) is 4.47. The maximum Gasteiger partial charge on any atom is 0.306 e. The number of anilines is 1. The molecular formula is C25H32ClN3O4. The second-order valence-corrected chi connectivity index (χ2v) is 9.02. The van der Waals surface area contributed by atoms with Crippen LogP contribution in [0.5, 0.6) is 5.75 Å². The van der Waals surface area contributed by atoms with Crippen molar-refractivity contribution in [1.82, 2.24) is 10.3 Å². The van der Waals surface area contributed by atoms with Crippen LogP contribution in [0.2, 0.25) is 5.02 Å². The molecule has 178 valence electrons. The van der Waals surface area contributed by atoms with Crippen LogP contribution >= 0.6 is 11.6 Å². The number of carboxylic acids is 1. The summed E-state index contributed by atoms with van der Waals surface area (Å²) in [4.78, 5) is 28.0. The predicted octanol–water partition coefficient (Wildman–Crippen LogP) is 5.10. The first-order valence-electron chi connectivity index (χ1n) is 11.4. The Balaban J connectivity index is 1.59. The fourth-order valence-electron chi connectivity index (χ4n) is 4.25. The Morgan fingerprint density at radius 3 is 2.58 bits per heavy atom. The Bertz CT molecular complexity index is 990. The number of pyridine rings is 1. The minimum Gasteiger partial charge on any atom is -0.496 e. The zero-order valence-corrected chi connectivity index (χ0v) is 20.1. The summed E-state index contributed by atoms with van der Waals surface area (Å²) in [5.74, 6) is 0.364. The topological polar surface area (TPSA) is 101 Å². The van der Waals surface area contributed by atoms with Crippen LogP contribution in [0.25, 0.3) is 0 Å². The van der Waals surface area contributed by atoms with E-state index in [1.54, 1.807) is 13.2 Å². The van der Waals surface area contributed by atoms with Crippen molar-refractivity contribution in [3.05, 3.63) is 52.2 Å². The molecule has 0 aliphatic heterocycles. The predicted molar refractivity (Wildman–Crippen MR) is 129 cm³/mol. The largest absolute Gasteiger partial charge is 0.496 e. The number of carbonyl (C=O) groups is 2. The molecule has 1 aliphatic rings. The van der Waals surface area contributed by atoms with Gasteiger partial charge in [0.15, 0.2) is 0 Å². The number of carbonyl (C=O) groups excluding carboxylic acids is 1. The highest BCUT2D eigenvalue weighted by atomic mass is 35.5. The number of methoxy groups -OCH3 is 1. The van der Waals surface area contributed by atoms with Crippen LogP contribution in [0.1, 0.15) is 67.1 Å². The first kappa shape index (κ1) is 24.8. The van der Waals surface area contributed by atoms with Gasteiger partial charge in [-0.25, -0.2) is 4.98 Å². The van der Waals surface area contributed by atoms with Crippen molar-refractivity contribution in [2.75, 3.05) is 19.0 Å². The average molecular weight is 474 g/mol. The molecule has 1 saturated carbocycles. The van der Waals surface area contributed by atoms with E-state index in [1.165, 1.54) is 11.8 Å². The molecule has 0 saturated heterocycles. The normalized spacial score (nSPS) is 18.9. The maximum absolute atomic E-state index is 12.6. The Hall–Kier alpha value is -2.80. The average Bonchev–Trinajstić information content (AvgIpc) is 2.83. The van der Waals surface area contributed by atoms with Crippen LogP contribution in [0, 0.1) is 11.8 Å². The lowest BCUT2D eigenvalue weighted by Crippen LogP contribution is -2.32. The molecule has 1 fully saturated rings. The molecule has 1 aromatic heterocycles. The van der Waals surface area contributed by atoms with Gasteiger partial charge in [-0.15, -0.1) is 0 Å². The molecule has 0 radical (unpaired) electrons. The van der Waals surface area contributed by atoms with Crippen LogP contribution in [0.3, 0.4) is 0 Å². The molecule has 7 nitrogen and oxygen atoms in total. The SMILES string of the molecule is CCc1ccc(OC)c(C(C)Nc2ncc(C(=O)NCC3CCC(C(=O)O)CC3)cc2Cl)c1. The highest BCUT2D eigenvalue weighted by Crippen LogP contribution is 2.31. The van der Waals surface area contributed by atoms with Crippen molar-refractivity contribution in [3.63, 3.8) is 0 Å². The molecule has 2 aromatic rings. The van der Waals surface area contributed by atoms with Gasteiger partial charge < -0.3 is 20.5 Å². The summed E-state index contributed by atoms with van der Waals surface area (Å²) in [7, 11) is 1.65. The van der Waals surface area contributed by atoms with Gasteiger partial charge in [-0.05, 0) is 62.6 Å². The fraction of sp³-hybridized carbons (Fsp3) is 0.480. The third kappa shape index (κ3) is 6.38. The molecule has 33 heavy (non-hydrogen) atoms. The van der Waals surface area contributed by atoms with Crippen LogP contribution in [0.15, 0.2) is 30.5 Å². The zero-order valence-electron chi connectivity index (χ0n) is 19.4. The van der Waals surface area contributed by atoms with Gasteiger partial charge in [0.25, 0.3) is 5.91 Å². The second kappa shape index (κ2) is 11.4. The third-order valence-corrected chi connectivity index (χ3v) is 6.66. The number of halogens is 1. The summed E-state index contributed by atoms with van der Waals surface area (Å²) in [6.07, 6.45) is 5.37. The van der Waals surface area contributed by atoms with Crippen molar-refractivity contribution < 1.29 is 19.4 Å². The van der Waals surface area contributed by atoms with E-state index in [-0.39, 0.29) is 17.9 Å². The number of carboxylic acid groups (broad SMARTS) is 1. The molecule has 1 atom stereocenters. The van der Waals surface area contributed by atoms with Crippen LogP contribution < -0.4 is 15.4 Å². The molecule has 3 N–H and O–H groups in total. The number of benzene rings is 1. The molecule has 0 spiro atoms. The summed E-state index contributed by atoms with van der Waals surface area (Å²) in [6, 6.07) is 7.63.